The zero-order chi connectivity index (χ0) is 8.32. The summed E-state index contributed by atoms with van der Waals surface area (Å²) in [6.45, 7) is 6.42. The third-order valence-corrected chi connectivity index (χ3v) is 1.88. The fourth-order valence-electron chi connectivity index (χ4n) is 1.36. The van der Waals surface area contributed by atoms with Gasteiger partial charge in [-0.3, -0.25) is 0 Å². The summed E-state index contributed by atoms with van der Waals surface area (Å²) in [6, 6.07) is 0. The van der Waals surface area contributed by atoms with Crippen molar-refractivity contribution in [1.29, 1.82) is 0 Å². The normalized spacial score (nSPS) is 20.0. The van der Waals surface area contributed by atoms with E-state index in [0.29, 0.717) is 5.92 Å². The molecule has 2 heteroatoms. The summed E-state index contributed by atoms with van der Waals surface area (Å²) < 4.78 is 10.8. The lowest BCUT2D eigenvalue weighted by Gasteiger charge is -2.27. The molecule has 1 heterocycles. The number of rotatable bonds is 3. The van der Waals surface area contributed by atoms with Gasteiger partial charge in [0.15, 0.2) is 0 Å². The van der Waals surface area contributed by atoms with Crippen molar-refractivity contribution >= 4 is 0 Å². The van der Waals surface area contributed by atoms with Crippen molar-refractivity contribution in [2.24, 2.45) is 5.92 Å². The van der Waals surface area contributed by atoms with Gasteiger partial charge >= 0.3 is 0 Å². The minimum Gasteiger partial charge on any atom is -0.457 e. The van der Waals surface area contributed by atoms with Gasteiger partial charge in [0.25, 0.3) is 0 Å². The molecule has 0 aromatic carbocycles. The molecule has 0 unspecified atom stereocenters. The molecule has 2 nitrogen and oxygen atoms in total. The van der Waals surface area contributed by atoms with Crippen LogP contribution in [0.4, 0.5) is 0 Å². The van der Waals surface area contributed by atoms with Gasteiger partial charge in [-0.25, -0.2) is 0 Å². The van der Waals surface area contributed by atoms with Gasteiger partial charge < -0.3 is 9.47 Å². The molecule has 0 saturated heterocycles. The smallest absolute Gasteiger partial charge is 0.249 e. The van der Waals surface area contributed by atoms with Crippen LogP contribution in [0, 0.1) is 5.92 Å². The highest BCUT2D eigenvalue weighted by molar-refractivity contribution is 4.83. The number of hydrogen-bond acceptors (Lipinski definition) is 2. The van der Waals surface area contributed by atoms with Crippen molar-refractivity contribution in [2.45, 2.75) is 39.4 Å². The van der Waals surface area contributed by atoms with Gasteiger partial charge in [0.2, 0.25) is 5.79 Å². The predicted octanol–water partition coefficient (Wildman–Crippen LogP) is 2.66. The molecule has 0 aromatic heterocycles. The number of ether oxygens (including phenoxy) is 2. The van der Waals surface area contributed by atoms with E-state index in [9.17, 15) is 0 Å². The quantitative estimate of drug-likeness (QED) is 0.625. The van der Waals surface area contributed by atoms with Gasteiger partial charge in [0.1, 0.15) is 12.5 Å². The lowest BCUT2D eigenvalue weighted by molar-refractivity contribution is -0.154. The summed E-state index contributed by atoms with van der Waals surface area (Å²) in [5.41, 5.74) is 0. The van der Waals surface area contributed by atoms with E-state index in [1.54, 1.807) is 12.5 Å². The van der Waals surface area contributed by atoms with Crippen LogP contribution in [0.5, 0.6) is 0 Å². The SMILES string of the molecule is CCC1(CC(C)C)OC=CO1. The Bertz CT molecular complexity index is 142. The zero-order valence-electron chi connectivity index (χ0n) is 7.46. The Balaban J connectivity index is 2.48. The predicted molar refractivity (Wildman–Crippen MR) is 43.8 cm³/mol. The van der Waals surface area contributed by atoms with E-state index in [1.807, 2.05) is 0 Å². The van der Waals surface area contributed by atoms with Crippen LogP contribution < -0.4 is 0 Å². The Morgan fingerprint density at radius 3 is 2.18 bits per heavy atom. The Labute approximate surface area is 68.2 Å². The van der Waals surface area contributed by atoms with Gasteiger partial charge in [-0.2, -0.15) is 0 Å². The summed E-state index contributed by atoms with van der Waals surface area (Å²) in [6.07, 6.45) is 5.12. The first-order valence-electron chi connectivity index (χ1n) is 4.19. The molecule has 1 aliphatic heterocycles. The van der Waals surface area contributed by atoms with Crippen molar-refractivity contribution in [3.8, 4) is 0 Å². The van der Waals surface area contributed by atoms with Crippen molar-refractivity contribution in [3.63, 3.8) is 0 Å². The maximum atomic E-state index is 5.40. The maximum Gasteiger partial charge on any atom is 0.249 e. The molecular weight excluding hydrogens is 140 g/mol. The van der Waals surface area contributed by atoms with Crippen LogP contribution >= 0.6 is 0 Å². The summed E-state index contributed by atoms with van der Waals surface area (Å²) in [7, 11) is 0. The highest BCUT2D eigenvalue weighted by atomic mass is 16.7. The number of hydrogen-bond donors (Lipinski definition) is 0. The minimum atomic E-state index is -0.353. The third kappa shape index (κ3) is 1.88. The molecular formula is C9H16O2. The molecule has 0 bridgehead atoms. The van der Waals surface area contributed by atoms with Crippen LogP contribution in [-0.2, 0) is 9.47 Å². The van der Waals surface area contributed by atoms with Gasteiger partial charge in [-0.1, -0.05) is 20.8 Å². The van der Waals surface area contributed by atoms with Crippen molar-refractivity contribution < 1.29 is 9.47 Å². The van der Waals surface area contributed by atoms with Gasteiger partial charge in [-0.05, 0) is 5.92 Å². The molecule has 1 rings (SSSR count). The molecule has 0 fully saturated rings. The first-order valence-corrected chi connectivity index (χ1v) is 4.19. The van der Waals surface area contributed by atoms with E-state index >= 15 is 0 Å². The lowest BCUT2D eigenvalue weighted by Crippen LogP contribution is -2.30. The summed E-state index contributed by atoms with van der Waals surface area (Å²) >= 11 is 0. The second kappa shape index (κ2) is 3.16. The van der Waals surface area contributed by atoms with E-state index in [1.165, 1.54) is 0 Å². The summed E-state index contributed by atoms with van der Waals surface area (Å²) in [5, 5.41) is 0. The molecule has 0 amide bonds. The topological polar surface area (TPSA) is 18.5 Å². The second-order valence-electron chi connectivity index (χ2n) is 3.37. The monoisotopic (exact) mass is 156 g/mol. The maximum absolute atomic E-state index is 5.40. The molecule has 64 valence electrons. The zero-order valence-corrected chi connectivity index (χ0v) is 7.46. The molecule has 1 aliphatic rings. The van der Waals surface area contributed by atoms with Crippen LogP contribution in [0.15, 0.2) is 12.5 Å². The summed E-state index contributed by atoms with van der Waals surface area (Å²) in [5.74, 6) is 0.253. The fourth-order valence-corrected chi connectivity index (χ4v) is 1.36. The highest BCUT2D eigenvalue weighted by Gasteiger charge is 2.33. The summed E-state index contributed by atoms with van der Waals surface area (Å²) in [4.78, 5) is 0. The molecule has 0 atom stereocenters. The first-order chi connectivity index (χ1) is 5.18. The Morgan fingerprint density at radius 1 is 1.27 bits per heavy atom. The molecule has 0 aliphatic carbocycles. The second-order valence-corrected chi connectivity index (χ2v) is 3.37. The van der Waals surface area contributed by atoms with Crippen LogP contribution in [-0.4, -0.2) is 5.79 Å². The Kier molecular flexibility index (Phi) is 2.42. The van der Waals surface area contributed by atoms with E-state index < -0.39 is 0 Å². The minimum absolute atomic E-state index is 0.353. The van der Waals surface area contributed by atoms with E-state index in [0.717, 1.165) is 12.8 Å². The van der Waals surface area contributed by atoms with Gasteiger partial charge in [0, 0.05) is 12.8 Å². The molecule has 0 spiro atoms. The van der Waals surface area contributed by atoms with Crippen molar-refractivity contribution in [3.05, 3.63) is 12.5 Å². The largest absolute Gasteiger partial charge is 0.457 e. The van der Waals surface area contributed by atoms with E-state index in [4.69, 9.17) is 9.47 Å². The van der Waals surface area contributed by atoms with Crippen LogP contribution in [0.25, 0.3) is 0 Å². The van der Waals surface area contributed by atoms with Crippen molar-refractivity contribution in [1.82, 2.24) is 0 Å². The first kappa shape index (κ1) is 8.44. The molecule has 0 saturated carbocycles. The van der Waals surface area contributed by atoms with Gasteiger partial charge in [0.05, 0.1) is 0 Å². The average Bonchev–Trinajstić information content (AvgIpc) is 2.36. The molecule has 11 heavy (non-hydrogen) atoms. The lowest BCUT2D eigenvalue weighted by atomic mass is 10.0. The van der Waals surface area contributed by atoms with E-state index in [2.05, 4.69) is 20.8 Å². The molecule has 0 radical (unpaired) electrons. The molecule has 0 aromatic rings. The van der Waals surface area contributed by atoms with Crippen LogP contribution in [0.3, 0.4) is 0 Å². The van der Waals surface area contributed by atoms with Crippen LogP contribution in [0.1, 0.15) is 33.6 Å². The average molecular weight is 156 g/mol. The highest BCUT2D eigenvalue weighted by Crippen LogP contribution is 2.30. The van der Waals surface area contributed by atoms with E-state index in [-0.39, 0.29) is 5.79 Å². The van der Waals surface area contributed by atoms with Crippen LogP contribution in [0.2, 0.25) is 0 Å². The van der Waals surface area contributed by atoms with Gasteiger partial charge in [-0.15, -0.1) is 0 Å². The Morgan fingerprint density at radius 2 is 1.82 bits per heavy atom. The van der Waals surface area contributed by atoms with Crippen molar-refractivity contribution in [2.75, 3.05) is 0 Å². The third-order valence-electron chi connectivity index (χ3n) is 1.88. The standard InChI is InChI=1S/C9H16O2/c1-4-9(7-8(2)3)10-5-6-11-9/h5-6,8H,4,7H2,1-3H3. The fraction of sp³-hybridized carbons (Fsp3) is 0.778. The molecule has 0 N–H and O–H groups in total. The Hall–Kier alpha value is -0.660.